The third-order valence-electron chi connectivity index (χ3n) is 3.60. The van der Waals surface area contributed by atoms with Gasteiger partial charge in [-0.25, -0.2) is 0 Å². The Labute approximate surface area is 125 Å². The molecule has 0 aliphatic heterocycles. The molecular formula is C18H26NO. The Morgan fingerprint density at radius 3 is 2.05 bits per heavy atom. The van der Waals surface area contributed by atoms with E-state index in [0.717, 1.165) is 12.1 Å². The van der Waals surface area contributed by atoms with Crippen LogP contribution in [0, 0.1) is 20.8 Å². The molecule has 1 fully saturated rings. The van der Waals surface area contributed by atoms with Crippen LogP contribution >= 0.6 is 0 Å². The van der Waals surface area contributed by atoms with Crippen molar-refractivity contribution in [1.82, 2.24) is 5.32 Å². The van der Waals surface area contributed by atoms with Gasteiger partial charge >= 0.3 is 0 Å². The van der Waals surface area contributed by atoms with E-state index in [9.17, 15) is 4.79 Å². The minimum atomic E-state index is 0. The zero-order valence-electron chi connectivity index (χ0n) is 12.4. The molecule has 0 bridgehead atoms. The van der Waals surface area contributed by atoms with Gasteiger partial charge in [-0.2, -0.15) is 0 Å². The molecule has 1 aromatic carbocycles. The Kier molecular flexibility index (Phi) is 9.79. The largest absolute Gasteiger partial charge is 0.351 e. The zero-order valence-corrected chi connectivity index (χ0v) is 12.4. The average Bonchev–Trinajstić information content (AvgIpc) is 2.38. The van der Waals surface area contributed by atoms with Crippen LogP contribution in [-0.4, -0.2) is 12.5 Å². The molecule has 0 saturated heterocycles. The summed E-state index contributed by atoms with van der Waals surface area (Å²) in [7, 11) is 0. The first kappa shape index (κ1) is 18.7. The fourth-order valence-corrected chi connectivity index (χ4v) is 2.48. The Hall–Kier alpha value is -1.31. The van der Waals surface area contributed by atoms with Gasteiger partial charge in [0.15, 0.2) is 0 Å². The summed E-state index contributed by atoms with van der Waals surface area (Å²) < 4.78 is 0. The van der Waals surface area contributed by atoms with Crippen LogP contribution in [0.5, 0.6) is 0 Å². The molecule has 1 amide bonds. The molecule has 1 N–H and O–H groups in total. The molecule has 1 aliphatic rings. The van der Waals surface area contributed by atoms with E-state index in [1.807, 2.05) is 30.3 Å². The summed E-state index contributed by atoms with van der Waals surface area (Å²) in [5.41, 5.74) is 0.754. The van der Waals surface area contributed by atoms with Crippen LogP contribution in [0.15, 0.2) is 30.3 Å². The van der Waals surface area contributed by atoms with E-state index >= 15 is 0 Å². The van der Waals surface area contributed by atoms with Crippen LogP contribution in [0.4, 0.5) is 0 Å². The summed E-state index contributed by atoms with van der Waals surface area (Å²) in [5.74, 6) is 1.56. The molecule has 0 heterocycles. The normalized spacial score (nSPS) is 16.0. The van der Waals surface area contributed by atoms with Gasteiger partial charge in [-0.15, -0.1) is 0 Å². The molecule has 109 valence electrons. The molecule has 2 rings (SSSR count). The van der Waals surface area contributed by atoms with Crippen molar-refractivity contribution in [2.75, 3.05) is 6.54 Å². The van der Waals surface area contributed by atoms with Gasteiger partial charge in [0, 0.05) is 12.1 Å². The minimum absolute atomic E-state index is 0. The lowest BCUT2D eigenvalue weighted by Gasteiger charge is -2.19. The number of hydrogen-bond acceptors (Lipinski definition) is 1. The lowest BCUT2D eigenvalue weighted by molar-refractivity contribution is 0.0954. The van der Waals surface area contributed by atoms with E-state index in [4.69, 9.17) is 0 Å². The fourth-order valence-electron chi connectivity index (χ4n) is 2.48. The molecule has 20 heavy (non-hydrogen) atoms. The van der Waals surface area contributed by atoms with Gasteiger partial charge < -0.3 is 5.32 Å². The molecule has 1 aromatic rings. The van der Waals surface area contributed by atoms with E-state index in [0.29, 0.717) is 0 Å². The number of amides is 1. The summed E-state index contributed by atoms with van der Waals surface area (Å²) in [6.45, 7) is 0.758. The van der Waals surface area contributed by atoms with E-state index in [2.05, 4.69) is 5.32 Å². The van der Waals surface area contributed by atoms with Crippen LogP contribution in [-0.2, 0) is 0 Å². The van der Waals surface area contributed by atoms with E-state index in [1.54, 1.807) is 0 Å². The maximum absolute atomic E-state index is 11.9. The predicted octanol–water partition coefficient (Wildman–Crippen LogP) is 4.39. The highest BCUT2D eigenvalue weighted by Gasteiger charge is 2.13. The second kappa shape index (κ2) is 10.5. The van der Waals surface area contributed by atoms with Crippen LogP contribution < -0.4 is 5.32 Å². The number of rotatable bonds is 3. The van der Waals surface area contributed by atoms with Gasteiger partial charge in [-0.1, -0.05) is 65.2 Å². The van der Waals surface area contributed by atoms with Gasteiger partial charge in [-0.3, -0.25) is 4.79 Å². The first-order chi connectivity index (χ1) is 8.86. The summed E-state index contributed by atoms with van der Waals surface area (Å²) in [5, 5.41) is 3.04. The fraction of sp³-hybridized carbons (Fsp3) is 0.444. The van der Waals surface area contributed by atoms with Crippen LogP contribution in [0.25, 0.3) is 0 Å². The van der Waals surface area contributed by atoms with Crippen molar-refractivity contribution < 1.29 is 4.79 Å². The average molecular weight is 272 g/mol. The first-order valence-corrected chi connectivity index (χ1v) is 7.03. The Balaban J connectivity index is 0.00000180. The first-order valence-electron chi connectivity index (χ1n) is 7.03. The minimum Gasteiger partial charge on any atom is -0.351 e. The quantitative estimate of drug-likeness (QED) is 0.868. The molecule has 0 spiro atoms. The zero-order chi connectivity index (χ0) is 12.6. The molecule has 0 aromatic heterocycles. The summed E-state index contributed by atoms with van der Waals surface area (Å²) in [6.07, 6.45) is 9.02. The third-order valence-corrected chi connectivity index (χ3v) is 3.60. The van der Waals surface area contributed by atoms with Crippen molar-refractivity contribution in [2.45, 2.75) is 44.9 Å². The smallest absolute Gasteiger partial charge is 0.251 e. The molecular weight excluding hydrogens is 246 g/mol. The Morgan fingerprint density at radius 2 is 1.45 bits per heavy atom. The van der Waals surface area contributed by atoms with Crippen molar-refractivity contribution in [3.05, 3.63) is 56.7 Å². The van der Waals surface area contributed by atoms with Crippen molar-refractivity contribution in [3.8, 4) is 0 Å². The van der Waals surface area contributed by atoms with Crippen molar-refractivity contribution >= 4 is 5.91 Å². The van der Waals surface area contributed by atoms with Crippen molar-refractivity contribution in [3.63, 3.8) is 0 Å². The standard InChI is InChI=1S/C16H22NO.2CH2/c18-16(15-11-7-4-8-12-15)17-13-14-9-5-2-1-3-6-10-14;;/h4,7-8,11-12H,1-3,5-6,9-10,13H2,(H,17,18);2*1H2. The highest BCUT2D eigenvalue weighted by molar-refractivity contribution is 5.94. The lowest BCUT2D eigenvalue weighted by Crippen LogP contribution is -2.28. The third kappa shape index (κ3) is 6.23. The maximum atomic E-state index is 11.9. The highest BCUT2D eigenvalue weighted by atomic mass is 16.1. The summed E-state index contributed by atoms with van der Waals surface area (Å²) in [6, 6.07) is 9.45. The number of carbonyl (C=O) groups excluding carboxylic acids is 1. The highest BCUT2D eigenvalue weighted by Crippen LogP contribution is 2.23. The lowest BCUT2D eigenvalue weighted by atomic mass is 9.91. The van der Waals surface area contributed by atoms with Gasteiger partial charge in [0.05, 0.1) is 0 Å². The van der Waals surface area contributed by atoms with Crippen LogP contribution in [0.1, 0.15) is 55.3 Å². The van der Waals surface area contributed by atoms with E-state index in [-0.39, 0.29) is 20.8 Å². The van der Waals surface area contributed by atoms with Crippen molar-refractivity contribution in [1.29, 1.82) is 0 Å². The number of hydrogen-bond donors (Lipinski definition) is 1. The molecule has 2 nitrogen and oxygen atoms in total. The van der Waals surface area contributed by atoms with Crippen molar-refractivity contribution in [2.24, 2.45) is 0 Å². The Morgan fingerprint density at radius 1 is 0.900 bits per heavy atom. The van der Waals surface area contributed by atoms with Gasteiger partial charge in [-0.05, 0) is 30.9 Å². The SMILES string of the molecule is O=C(NC[C]1CCCCCCC1)c1ccccc1.[CH2].[CH2]. The van der Waals surface area contributed by atoms with Gasteiger partial charge in [0.1, 0.15) is 0 Å². The molecule has 0 atom stereocenters. The topological polar surface area (TPSA) is 29.1 Å². The van der Waals surface area contributed by atoms with Gasteiger partial charge in [0.25, 0.3) is 5.91 Å². The molecule has 5 radical (unpaired) electrons. The molecule has 0 unspecified atom stereocenters. The monoisotopic (exact) mass is 272 g/mol. The second-order valence-corrected chi connectivity index (χ2v) is 5.07. The second-order valence-electron chi connectivity index (χ2n) is 5.07. The maximum Gasteiger partial charge on any atom is 0.251 e. The predicted molar refractivity (Wildman–Crippen MR) is 85.1 cm³/mol. The number of benzene rings is 1. The Bertz CT molecular complexity index is 353. The molecule has 1 aliphatic carbocycles. The number of nitrogens with one attached hydrogen (secondary N) is 1. The van der Waals surface area contributed by atoms with Crippen LogP contribution in [0.2, 0.25) is 0 Å². The van der Waals surface area contributed by atoms with E-state index in [1.165, 1.54) is 50.9 Å². The summed E-state index contributed by atoms with van der Waals surface area (Å²) >= 11 is 0. The van der Waals surface area contributed by atoms with Gasteiger partial charge in [0.2, 0.25) is 0 Å². The van der Waals surface area contributed by atoms with E-state index < -0.39 is 0 Å². The summed E-state index contributed by atoms with van der Waals surface area (Å²) in [4.78, 5) is 11.9. The molecule has 1 saturated carbocycles. The molecule has 2 heteroatoms. The van der Waals surface area contributed by atoms with Crippen LogP contribution in [0.3, 0.4) is 0 Å². The number of carbonyl (C=O) groups is 1.